The van der Waals surface area contributed by atoms with Crippen LogP contribution in [0.3, 0.4) is 0 Å². The summed E-state index contributed by atoms with van der Waals surface area (Å²) in [6, 6.07) is 1.02. The highest BCUT2D eigenvalue weighted by Gasteiger charge is 2.17. The zero-order valence-electron chi connectivity index (χ0n) is 6.80. The molecule has 3 N–H and O–H groups in total. The van der Waals surface area contributed by atoms with Crippen LogP contribution in [0.2, 0.25) is 10.0 Å². The van der Waals surface area contributed by atoms with Crippen molar-refractivity contribution >= 4 is 29.2 Å². The van der Waals surface area contributed by atoms with Crippen LogP contribution in [0.1, 0.15) is 11.6 Å². The van der Waals surface area contributed by atoms with Crippen LogP contribution in [0, 0.1) is 5.82 Å². The quantitative estimate of drug-likeness (QED) is 0.776. The molecule has 0 spiro atoms. The molecule has 0 fully saturated rings. The van der Waals surface area contributed by atoms with Gasteiger partial charge in [0.2, 0.25) is 0 Å². The van der Waals surface area contributed by atoms with Crippen LogP contribution in [-0.2, 0) is 4.79 Å². The van der Waals surface area contributed by atoms with Crippen molar-refractivity contribution in [2.75, 3.05) is 0 Å². The van der Waals surface area contributed by atoms with Crippen molar-refractivity contribution in [3.63, 3.8) is 0 Å². The molecule has 0 aliphatic rings. The van der Waals surface area contributed by atoms with Crippen LogP contribution >= 0.6 is 23.2 Å². The lowest BCUT2D eigenvalue weighted by Gasteiger charge is -2.08. The molecule has 0 heterocycles. The molecule has 0 amide bonds. The van der Waals surface area contributed by atoms with Crippen molar-refractivity contribution in [2.24, 2.45) is 5.73 Å². The van der Waals surface area contributed by atoms with E-state index in [-0.39, 0.29) is 15.6 Å². The van der Waals surface area contributed by atoms with E-state index in [1.54, 1.807) is 0 Å². The van der Waals surface area contributed by atoms with Gasteiger partial charge in [0.05, 0.1) is 10.0 Å². The highest BCUT2D eigenvalue weighted by Crippen LogP contribution is 2.27. The number of hydrogen-bond acceptors (Lipinski definition) is 2. The molecule has 0 aromatic heterocycles. The standard InChI is InChI=1S/C8H6Cl2FNO2/c9-4-1-3(7(12)8(13)14)2-5(10)6(4)11/h1-2,7H,12H2,(H,13,14). The Morgan fingerprint density at radius 2 is 1.86 bits per heavy atom. The SMILES string of the molecule is NC(C(=O)O)c1cc(Cl)c(F)c(Cl)c1. The topological polar surface area (TPSA) is 63.3 Å². The molecule has 1 aromatic rings. The van der Waals surface area contributed by atoms with E-state index in [9.17, 15) is 9.18 Å². The largest absolute Gasteiger partial charge is 0.480 e. The average Bonchev–Trinajstić information content (AvgIpc) is 2.12. The van der Waals surface area contributed by atoms with Gasteiger partial charge in [-0.1, -0.05) is 23.2 Å². The van der Waals surface area contributed by atoms with Gasteiger partial charge >= 0.3 is 5.97 Å². The summed E-state index contributed by atoms with van der Waals surface area (Å²) in [6.45, 7) is 0. The van der Waals surface area contributed by atoms with E-state index in [0.29, 0.717) is 0 Å². The molecule has 0 saturated heterocycles. The highest BCUT2D eigenvalue weighted by atomic mass is 35.5. The van der Waals surface area contributed by atoms with Crippen molar-refractivity contribution in [3.8, 4) is 0 Å². The molecule has 0 aliphatic heterocycles. The predicted octanol–water partition coefficient (Wildman–Crippen LogP) is 2.22. The molecule has 1 rings (SSSR count). The van der Waals surface area contributed by atoms with Gasteiger partial charge in [0.1, 0.15) is 6.04 Å². The summed E-state index contributed by atoms with van der Waals surface area (Å²) >= 11 is 10.9. The Bertz CT molecular complexity index is 361. The van der Waals surface area contributed by atoms with E-state index in [0.717, 1.165) is 12.1 Å². The van der Waals surface area contributed by atoms with E-state index in [1.165, 1.54) is 0 Å². The first-order valence-corrected chi connectivity index (χ1v) is 4.32. The minimum Gasteiger partial charge on any atom is -0.480 e. The number of hydrogen-bond donors (Lipinski definition) is 2. The van der Waals surface area contributed by atoms with Crippen molar-refractivity contribution < 1.29 is 14.3 Å². The fourth-order valence-corrected chi connectivity index (χ4v) is 1.40. The van der Waals surface area contributed by atoms with Crippen molar-refractivity contribution in [3.05, 3.63) is 33.6 Å². The molecule has 14 heavy (non-hydrogen) atoms. The number of rotatable bonds is 2. The Kier molecular flexibility index (Phi) is 3.31. The van der Waals surface area contributed by atoms with Gasteiger partial charge in [-0.15, -0.1) is 0 Å². The fourth-order valence-electron chi connectivity index (χ4n) is 0.897. The van der Waals surface area contributed by atoms with Gasteiger partial charge in [-0.3, -0.25) is 4.79 Å². The summed E-state index contributed by atoms with van der Waals surface area (Å²) in [4.78, 5) is 10.5. The summed E-state index contributed by atoms with van der Waals surface area (Å²) < 4.78 is 12.9. The predicted molar refractivity (Wildman–Crippen MR) is 51.0 cm³/mol. The fraction of sp³-hybridized carbons (Fsp3) is 0.125. The Balaban J connectivity index is 3.19. The molecule has 3 nitrogen and oxygen atoms in total. The zero-order chi connectivity index (χ0) is 10.9. The monoisotopic (exact) mass is 237 g/mol. The third-order valence-corrected chi connectivity index (χ3v) is 2.18. The average molecular weight is 238 g/mol. The molecule has 1 unspecified atom stereocenters. The van der Waals surface area contributed by atoms with Gasteiger partial charge in [-0.05, 0) is 17.7 Å². The second-order valence-corrected chi connectivity index (χ2v) is 3.43. The van der Waals surface area contributed by atoms with Gasteiger partial charge < -0.3 is 10.8 Å². The number of aliphatic carboxylic acids is 1. The van der Waals surface area contributed by atoms with Gasteiger partial charge in [0.25, 0.3) is 0 Å². The number of carbonyl (C=O) groups is 1. The molecule has 1 atom stereocenters. The Morgan fingerprint density at radius 1 is 1.43 bits per heavy atom. The van der Waals surface area contributed by atoms with Crippen LogP contribution in [-0.4, -0.2) is 11.1 Å². The van der Waals surface area contributed by atoms with Crippen molar-refractivity contribution in [1.29, 1.82) is 0 Å². The summed E-state index contributed by atoms with van der Waals surface area (Å²) in [5, 5.41) is 8.09. The van der Waals surface area contributed by atoms with E-state index >= 15 is 0 Å². The third kappa shape index (κ3) is 2.15. The molecule has 0 aliphatic carbocycles. The third-order valence-electron chi connectivity index (χ3n) is 1.63. The molecule has 0 saturated carbocycles. The molecular weight excluding hydrogens is 232 g/mol. The first-order chi connectivity index (χ1) is 6.43. The first kappa shape index (κ1) is 11.2. The number of benzene rings is 1. The molecule has 0 bridgehead atoms. The van der Waals surface area contributed by atoms with Crippen molar-refractivity contribution in [1.82, 2.24) is 0 Å². The maximum atomic E-state index is 12.9. The lowest BCUT2D eigenvalue weighted by Crippen LogP contribution is -2.20. The molecule has 1 aromatic carbocycles. The second kappa shape index (κ2) is 4.13. The molecule has 6 heteroatoms. The highest BCUT2D eigenvalue weighted by molar-refractivity contribution is 6.35. The molecule has 0 radical (unpaired) electrons. The summed E-state index contributed by atoms with van der Waals surface area (Å²) in [7, 11) is 0. The van der Waals surface area contributed by atoms with E-state index in [2.05, 4.69) is 0 Å². The Morgan fingerprint density at radius 3 is 2.21 bits per heavy atom. The van der Waals surface area contributed by atoms with Gasteiger partial charge in [-0.2, -0.15) is 0 Å². The second-order valence-electron chi connectivity index (χ2n) is 2.61. The van der Waals surface area contributed by atoms with Gasteiger partial charge in [0, 0.05) is 0 Å². The smallest absolute Gasteiger partial charge is 0.325 e. The van der Waals surface area contributed by atoms with Crippen LogP contribution in [0.5, 0.6) is 0 Å². The Labute approximate surface area is 89.2 Å². The summed E-state index contributed by atoms with van der Waals surface area (Å²) in [6.07, 6.45) is 0. The lowest BCUT2D eigenvalue weighted by atomic mass is 10.1. The first-order valence-electron chi connectivity index (χ1n) is 3.56. The van der Waals surface area contributed by atoms with Crippen LogP contribution in [0.25, 0.3) is 0 Å². The minimum absolute atomic E-state index is 0.161. The van der Waals surface area contributed by atoms with Crippen molar-refractivity contribution in [2.45, 2.75) is 6.04 Å². The van der Waals surface area contributed by atoms with E-state index in [4.69, 9.17) is 34.0 Å². The Hall–Kier alpha value is -0.840. The molecular formula is C8H6Cl2FNO2. The minimum atomic E-state index is -1.26. The number of carboxylic acid groups (broad SMARTS) is 1. The number of halogens is 3. The maximum Gasteiger partial charge on any atom is 0.325 e. The summed E-state index contributed by atoms with van der Waals surface area (Å²) in [5.41, 5.74) is 5.45. The van der Waals surface area contributed by atoms with E-state index < -0.39 is 17.8 Å². The van der Waals surface area contributed by atoms with E-state index in [1.807, 2.05) is 0 Å². The normalized spacial score (nSPS) is 12.6. The lowest BCUT2D eigenvalue weighted by molar-refractivity contribution is -0.138. The summed E-state index contributed by atoms with van der Waals surface area (Å²) in [5.74, 6) is -2.02. The zero-order valence-corrected chi connectivity index (χ0v) is 8.31. The van der Waals surface area contributed by atoms with Crippen LogP contribution < -0.4 is 5.73 Å². The number of carboxylic acids is 1. The maximum absolute atomic E-state index is 12.9. The van der Waals surface area contributed by atoms with Crippen LogP contribution in [0.15, 0.2) is 12.1 Å². The molecule has 76 valence electrons. The van der Waals surface area contributed by atoms with Gasteiger partial charge in [0.15, 0.2) is 5.82 Å². The van der Waals surface area contributed by atoms with Gasteiger partial charge in [-0.25, -0.2) is 4.39 Å². The van der Waals surface area contributed by atoms with Crippen LogP contribution in [0.4, 0.5) is 4.39 Å². The number of nitrogens with two attached hydrogens (primary N) is 1.